The van der Waals surface area contributed by atoms with Crippen LogP contribution in [0.5, 0.6) is 0 Å². The Kier molecular flexibility index (Phi) is 19.3. The maximum atomic E-state index is 5.85. The Morgan fingerprint density at radius 3 is 1.28 bits per heavy atom. The van der Waals surface area contributed by atoms with Crippen LogP contribution in [-0.4, -0.2) is 91.3 Å². The van der Waals surface area contributed by atoms with Gasteiger partial charge in [0.15, 0.2) is 0 Å². The molecule has 0 aliphatic rings. The summed E-state index contributed by atoms with van der Waals surface area (Å²) >= 11 is 1.58. The second kappa shape index (κ2) is 19.1. The average molecular weight is 399 g/mol. The van der Waals surface area contributed by atoms with Gasteiger partial charge in [0.25, 0.3) is 0 Å². The van der Waals surface area contributed by atoms with E-state index in [1.54, 1.807) is 20.8 Å². The average Bonchev–Trinajstić information content (AvgIpc) is 2.61. The topological polar surface area (TPSA) is 151 Å². The predicted octanol–water partition coefficient (Wildman–Crippen LogP) is -3.19. The third-order valence-electron chi connectivity index (χ3n) is 3.01. The predicted molar refractivity (Wildman–Crippen MR) is 92.3 cm³/mol. The van der Waals surface area contributed by atoms with Gasteiger partial charge in [0.05, 0.1) is 0 Å². The molecule has 0 aliphatic carbocycles. The van der Waals surface area contributed by atoms with Gasteiger partial charge >= 0.3 is 163 Å². The number of hydrogen-bond donors (Lipinski definition) is 6. The van der Waals surface area contributed by atoms with E-state index < -0.39 is 5.97 Å². The Bertz CT molecular complexity index is 246. The Morgan fingerprint density at radius 1 is 0.640 bits per heavy atom. The van der Waals surface area contributed by atoms with Crippen LogP contribution in [0.2, 0.25) is 0 Å². The van der Waals surface area contributed by atoms with Crippen LogP contribution in [0.25, 0.3) is 0 Å². The normalized spacial score (nSPS) is 12.0. The summed E-state index contributed by atoms with van der Waals surface area (Å²) in [6.07, 6.45) is 0. The fourth-order valence-corrected chi connectivity index (χ4v) is 2.13. The Balaban J connectivity index is 4.40. The van der Waals surface area contributed by atoms with E-state index >= 15 is 0 Å². The molecule has 0 aromatic carbocycles. The van der Waals surface area contributed by atoms with E-state index in [2.05, 4.69) is 16.0 Å². The van der Waals surface area contributed by atoms with E-state index in [1.807, 2.05) is 0 Å². The van der Waals surface area contributed by atoms with Crippen molar-refractivity contribution in [3.8, 4) is 0 Å². The van der Waals surface area contributed by atoms with Crippen LogP contribution >= 0.6 is 0 Å². The SMILES string of the molecule is NCCNCCOC(C[O][Ti+3])(OCCNCCN)OCCNCCN. The molecule has 0 bridgehead atoms. The van der Waals surface area contributed by atoms with Gasteiger partial charge in [0.1, 0.15) is 0 Å². The van der Waals surface area contributed by atoms with Gasteiger partial charge in [-0.2, -0.15) is 0 Å². The van der Waals surface area contributed by atoms with Crippen molar-refractivity contribution < 1.29 is 38.4 Å². The number of rotatable bonds is 20. The van der Waals surface area contributed by atoms with Crippen LogP contribution in [-0.2, 0) is 38.4 Å². The van der Waals surface area contributed by atoms with E-state index in [4.69, 9.17) is 34.7 Å². The van der Waals surface area contributed by atoms with E-state index in [9.17, 15) is 0 Å². The first kappa shape index (κ1) is 25.3. The van der Waals surface area contributed by atoms with Crippen molar-refractivity contribution >= 4 is 0 Å². The molecule has 0 radical (unpaired) electrons. The van der Waals surface area contributed by atoms with E-state index in [1.165, 1.54) is 0 Å². The van der Waals surface area contributed by atoms with Crippen molar-refractivity contribution in [3.63, 3.8) is 0 Å². The quantitative estimate of drug-likeness (QED) is 0.0702. The summed E-state index contributed by atoms with van der Waals surface area (Å²) in [5.74, 6) is -1.24. The monoisotopic (exact) mass is 399 g/mol. The minimum absolute atomic E-state index is 0.164. The van der Waals surface area contributed by atoms with Gasteiger partial charge < -0.3 is 0 Å². The molecule has 0 heterocycles. The molecule has 0 aliphatic heterocycles. The minimum atomic E-state index is -1.24. The van der Waals surface area contributed by atoms with Crippen molar-refractivity contribution in [2.45, 2.75) is 5.97 Å². The first-order valence-electron chi connectivity index (χ1n) is 8.67. The van der Waals surface area contributed by atoms with Crippen LogP contribution in [0.3, 0.4) is 0 Å². The zero-order valence-electron chi connectivity index (χ0n) is 15.1. The van der Waals surface area contributed by atoms with Crippen molar-refractivity contribution in [1.29, 1.82) is 0 Å². The van der Waals surface area contributed by atoms with Gasteiger partial charge in [0.2, 0.25) is 0 Å². The van der Waals surface area contributed by atoms with Crippen molar-refractivity contribution in [2.75, 3.05) is 85.3 Å². The molecule has 0 atom stereocenters. The molecule has 0 fully saturated rings. The van der Waals surface area contributed by atoms with Gasteiger partial charge in [-0.15, -0.1) is 0 Å². The number of ether oxygens (including phenoxy) is 3. The molecule has 0 aromatic rings. The second-order valence-corrected chi connectivity index (χ2v) is 5.58. The summed E-state index contributed by atoms with van der Waals surface area (Å²) < 4.78 is 22.8. The van der Waals surface area contributed by atoms with Crippen molar-refractivity contribution in [3.05, 3.63) is 0 Å². The molecule has 0 aromatic heterocycles. The van der Waals surface area contributed by atoms with Crippen molar-refractivity contribution in [2.24, 2.45) is 17.2 Å². The molecule has 9 N–H and O–H groups in total. The molecular formula is C14H35N6O4Ti+3. The zero-order chi connectivity index (χ0) is 18.6. The maximum absolute atomic E-state index is 5.85. The van der Waals surface area contributed by atoms with Crippen LogP contribution in [0.1, 0.15) is 0 Å². The molecule has 0 spiro atoms. The van der Waals surface area contributed by atoms with Crippen LogP contribution in [0, 0.1) is 0 Å². The van der Waals surface area contributed by atoms with Gasteiger partial charge in [-0.25, -0.2) is 0 Å². The molecule has 0 amide bonds. The summed E-state index contributed by atoms with van der Waals surface area (Å²) in [7, 11) is 0. The first-order valence-corrected chi connectivity index (χ1v) is 9.31. The standard InChI is InChI=1S/C14H35N6O4.Ti/c15-1-4-18-7-10-22-14(13-21,23-11-8-19-5-2-16)24-12-9-20-6-3-17;/h18-20H,1-13,15-17H2;/q-1;+4. The first-order chi connectivity index (χ1) is 12.2. The van der Waals surface area contributed by atoms with E-state index in [0.717, 1.165) is 19.6 Å². The molecular weight excluding hydrogens is 364 g/mol. The van der Waals surface area contributed by atoms with Gasteiger partial charge in [-0.05, 0) is 0 Å². The summed E-state index contributed by atoms with van der Waals surface area (Å²) in [6, 6.07) is 0. The number of nitrogens with two attached hydrogens (primary N) is 3. The zero-order valence-corrected chi connectivity index (χ0v) is 16.6. The Labute approximate surface area is 163 Å². The third-order valence-corrected chi connectivity index (χ3v) is 3.24. The molecule has 11 heteroatoms. The Hall–Kier alpha value is 0.314. The number of nitrogens with one attached hydrogen (secondary N) is 3. The van der Waals surface area contributed by atoms with Crippen LogP contribution in [0.4, 0.5) is 0 Å². The molecule has 146 valence electrons. The molecule has 25 heavy (non-hydrogen) atoms. The van der Waals surface area contributed by atoms with E-state index in [0.29, 0.717) is 59.1 Å². The fraction of sp³-hybridized carbons (Fsp3) is 1.00. The Morgan fingerprint density at radius 2 is 1.00 bits per heavy atom. The summed E-state index contributed by atoms with van der Waals surface area (Å²) in [5, 5.41) is 9.49. The molecule has 0 rings (SSSR count). The third kappa shape index (κ3) is 15.1. The summed E-state index contributed by atoms with van der Waals surface area (Å²) in [6.45, 7) is 7.27. The van der Waals surface area contributed by atoms with Gasteiger partial charge in [0, 0.05) is 0 Å². The van der Waals surface area contributed by atoms with Gasteiger partial charge in [-0.1, -0.05) is 0 Å². The summed E-state index contributed by atoms with van der Waals surface area (Å²) in [5.41, 5.74) is 16.4. The molecule has 0 saturated carbocycles. The van der Waals surface area contributed by atoms with Gasteiger partial charge in [-0.3, -0.25) is 0 Å². The van der Waals surface area contributed by atoms with E-state index in [-0.39, 0.29) is 6.61 Å². The fourth-order valence-electron chi connectivity index (χ4n) is 1.86. The molecule has 0 unspecified atom stereocenters. The van der Waals surface area contributed by atoms with Crippen molar-refractivity contribution in [1.82, 2.24) is 16.0 Å². The number of hydrogen-bond acceptors (Lipinski definition) is 10. The summed E-state index contributed by atoms with van der Waals surface area (Å²) in [4.78, 5) is 0. The van der Waals surface area contributed by atoms with Crippen LogP contribution in [0.15, 0.2) is 0 Å². The van der Waals surface area contributed by atoms with Crippen LogP contribution < -0.4 is 33.2 Å². The molecule has 0 saturated heterocycles. The second-order valence-electron chi connectivity index (χ2n) is 5.13. The molecule has 10 nitrogen and oxygen atoms in total.